The number of nitrogens with zero attached hydrogens (tertiary/aromatic N) is 1. The molecule has 2 rings (SSSR count). The van der Waals surface area contributed by atoms with E-state index in [2.05, 4.69) is 34.7 Å². The number of hydrogen-bond acceptors (Lipinski definition) is 4. The Balaban J connectivity index is 1.96. The third-order valence-corrected chi connectivity index (χ3v) is 4.28. The second-order valence-corrected chi connectivity index (χ2v) is 6.78. The fraction of sp³-hybridized carbons (Fsp3) is 0.625. The van der Waals surface area contributed by atoms with E-state index in [1.807, 2.05) is 25.1 Å². The zero-order chi connectivity index (χ0) is 15.4. The SMILES string of the molecule is CC(N)c1cc(Br)ccc1OCC1CN(C(C)C)CCO1. The van der Waals surface area contributed by atoms with E-state index in [1.165, 1.54) is 0 Å². The van der Waals surface area contributed by atoms with Gasteiger partial charge in [-0.1, -0.05) is 15.9 Å². The topological polar surface area (TPSA) is 47.7 Å². The first kappa shape index (κ1) is 16.7. The predicted molar refractivity (Wildman–Crippen MR) is 88.7 cm³/mol. The lowest BCUT2D eigenvalue weighted by molar-refractivity contribution is -0.0565. The van der Waals surface area contributed by atoms with Gasteiger partial charge in [0.25, 0.3) is 0 Å². The number of nitrogens with two attached hydrogens (primary N) is 1. The van der Waals surface area contributed by atoms with Crippen molar-refractivity contribution in [3.05, 3.63) is 28.2 Å². The maximum Gasteiger partial charge on any atom is 0.124 e. The molecule has 0 bridgehead atoms. The molecule has 0 amide bonds. The molecule has 0 spiro atoms. The van der Waals surface area contributed by atoms with Gasteiger partial charge in [0.15, 0.2) is 0 Å². The minimum absolute atomic E-state index is 0.0584. The van der Waals surface area contributed by atoms with Crippen LogP contribution in [0.1, 0.15) is 32.4 Å². The highest BCUT2D eigenvalue weighted by molar-refractivity contribution is 9.10. The van der Waals surface area contributed by atoms with Crippen LogP contribution in [-0.4, -0.2) is 43.3 Å². The van der Waals surface area contributed by atoms with Crippen molar-refractivity contribution in [1.29, 1.82) is 0 Å². The Morgan fingerprint density at radius 3 is 2.86 bits per heavy atom. The summed E-state index contributed by atoms with van der Waals surface area (Å²) in [5.74, 6) is 0.846. The molecular formula is C16H25BrN2O2. The second kappa shape index (κ2) is 7.58. The van der Waals surface area contributed by atoms with Gasteiger partial charge in [-0.25, -0.2) is 0 Å². The molecule has 4 nitrogen and oxygen atoms in total. The fourth-order valence-electron chi connectivity index (χ4n) is 2.50. The van der Waals surface area contributed by atoms with Crippen LogP contribution in [0.5, 0.6) is 5.75 Å². The Hall–Kier alpha value is -0.620. The minimum atomic E-state index is -0.0584. The van der Waals surface area contributed by atoms with Gasteiger partial charge in [-0.2, -0.15) is 0 Å². The molecule has 0 aromatic heterocycles. The first-order chi connectivity index (χ1) is 9.97. The lowest BCUT2D eigenvalue weighted by Gasteiger charge is -2.35. The van der Waals surface area contributed by atoms with Gasteiger partial charge in [0, 0.05) is 35.2 Å². The van der Waals surface area contributed by atoms with Crippen molar-refractivity contribution in [3.8, 4) is 5.75 Å². The number of morpholine rings is 1. The van der Waals surface area contributed by atoms with Crippen LogP contribution in [0.15, 0.2) is 22.7 Å². The number of ether oxygens (including phenoxy) is 2. The molecule has 21 heavy (non-hydrogen) atoms. The zero-order valence-corrected chi connectivity index (χ0v) is 14.6. The smallest absolute Gasteiger partial charge is 0.124 e. The molecule has 1 saturated heterocycles. The van der Waals surface area contributed by atoms with E-state index in [9.17, 15) is 0 Å². The van der Waals surface area contributed by atoms with Crippen LogP contribution in [0.3, 0.4) is 0 Å². The molecule has 118 valence electrons. The monoisotopic (exact) mass is 356 g/mol. The standard InChI is InChI=1S/C16H25BrN2O2/c1-11(2)19-6-7-20-14(9-19)10-21-16-5-4-13(17)8-15(16)12(3)18/h4-5,8,11-12,14H,6-7,9-10,18H2,1-3H3. The van der Waals surface area contributed by atoms with Crippen molar-refractivity contribution in [2.45, 2.75) is 39.0 Å². The van der Waals surface area contributed by atoms with Crippen LogP contribution in [0.25, 0.3) is 0 Å². The highest BCUT2D eigenvalue weighted by Crippen LogP contribution is 2.27. The van der Waals surface area contributed by atoms with E-state index in [1.54, 1.807) is 0 Å². The molecule has 1 aromatic carbocycles. The van der Waals surface area contributed by atoms with E-state index in [0.29, 0.717) is 12.6 Å². The molecule has 1 aliphatic heterocycles. The van der Waals surface area contributed by atoms with E-state index in [-0.39, 0.29) is 12.1 Å². The fourth-order valence-corrected chi connectivity index (χ4v) is 2.88. The maximum absolute atomic E-state index is 6.01. The van der Waals surface area contributed by atoms with E-state index in [0.717, 1.165) is 35.5 Å². The van der Waals surface area contributed by atoms with Gasteiger partial charge in [0.2, 0.25) is 0 Å². The Morgan fingerprint density at radius 2 is 2.19 bits per heavy atom. The summed E-state index contributed by atoms with van der Waals surface area (Å²) in [6, 6.07) is 6.44. The third-order valence-electron chi connectivity index (χ3n) is 3.79. The van der Waals surface area contributed by atoms with E-state index < -0.39 is 0 Å². The van der Waals surface area contributed by atoms with Gasteiger partial charge >= 0.3 is 0 Å². The highest BCUT2D eigenvalue weighted by atomic mass is 79.9. The Bertz CT molecular complexity index is 466. The number of hydrogen-bond donors (Lipinski definition) is 1. The van der Waals surface area contributed by atoms with Gasteiger partial charge in [0.05, 0.1) is 6.61 Å². The molecule has 1 aromatic rings. The molecule has 1 heterocycles. The summed E-state index contributed by atoms with van der Waals surface area (Å²) in [6.07, 6.45) is 0.116. The molecular weight excluding hydrogens is 332 g/mol. The molecule has 0 aliphatic carbocycles. The number of halogens is 1. The van der Waals surface area contributed by atoms with Crippen LogP contribution >= 0.6 is 15.9 Å². The molecule has 1 fully saturated rings. The van der Waals surface area contributed by atoms with Crippen molar-refractivity contribution < 1.29 is 9.47 Å². The molecule has 5 heteroatoms. The van der Waals surface area contributed by atoms with Crippen molar-refractivity contribution >= 4 is 15.9 Å². The Labute approximate surface area is 135 Å². The lowest BCUT2D eigenvalue weighted by Crippen LogP contribution is -2.47. The largest absolute Gasteiger partial charge is 0.490 e. The highest BCUT2D eigenvalue weighted by Gasteiger charge is 2.23. The average molecular weight is 357 g/mol. The van der Waals surface area contributed by atoms with Crippen molar-refractivity contribution in [2.24, 2.45) is 5.73 Å². The molecule has 2 unspecified atom stereocenters. The lowest BCUT2D eigenvalue weighted by atomic mass is 10.1. The van der Waals surface area contributed by atoms with Gasteiger partial charge in [-0.05, 0) is 39.0 Å². The van der Waals surface area contributed by atoms with Crippen molar-refractivity contribution in [1.82, 2.24) is 4.90 Å². The molecule has 1 aliphatic rings. The quantitative estimate of drug-likeness (QED) is 0.880. The second-order valence-electron chi connectivity index (χ2n) is 5.86. The van der Waals surface area contributed by atoms with Gasteiger partial charge in [-0.3, -0.25) is 4.90 Å². The number of benzene rings is 1. The normalized spacial score (nSPS) is 21.5. The van der Waals surface area contributed by atoms with Crippen LogP contribution in [0, 0.1) is 0 Å². The van der Waals surface area contributed by atoms with Gasteiger partial charge < -0.3 is 15.2 Å². The molecule has 2 atom stereocenters. The first-order valence-electron chi connectivity index (χ1n) is 7.51. The summed E-state index contributed by atoms with van der Waals surface area (Å²) in [4.78, 5) is 2.42. The summed E-state index contributed by atoms with van der Waals surface area (Å²) in [5.41, 5.74) is 7.03. The summed E-state index contributed by atoms with van der Waals surface area (Å²) in [6.45, 7) is 9.64. The first-order valence-corrected chi connectivity index (χ1v) is 8.30. The van der Waals surface area contributed by atoms with Crippen LogP contribution in [-0.2, 0) is 4.74 Å². The summed E-state index contributed by atoms with van der Waals surface area (Å²) < 4.78 is 12.8. The Morgan fingerprint density at radius 1 is 1.43 bits per heavy atom. The maximum atomic E-state index is 6.01. The Kier molecular flexibility index (Phi) is 6.05. The zero-order valence-electron chi connectivity index (χ0n) is 13.0. The third kappa shape index (κ3) is 4.68. The van der Waals surface area contributed by atoms with Crippen LogP contribution in [0.4, 0.5) is 0 Å². The van der Waals surface area contributed by atoms with Gasteiger partial charge in [0.1, 0.15) is 18.5 Å². The molecule has 0 radical (unpaired) electrons. The van der Waals surface area contributed by atoms with Crippen molar-refractivity contribution in [3.63, 3.8) is 0 Å². The number of rotatable bonds is 5. The van der Waals surface area contributed by atoms with Crippen molar-refractivity contribution in [2.75, 3.05) is 26.3 Å². The van der Waals surface area contributed by atoms with Crippen LogP contribution < -0.4 is 10.5 Å². The minimum Gasteiger partial charge on any atom is -0.490 e. The summed E-state index contributed by atoms with van der Waals surface area (Å²) in [7, 11) is 0. The predicted octanol–water partition coefficient (Wildman–Crippen LogP) is 2.96. The summed E-state index contributed by atoms with van der Waals surface area (Å²) in [5, 5.41) is 0. The van der Waals surface area contributed by atoms with Gasteiger partial charge in [-0.15, -0.1) is 0 Å². The molecule has 0 saturated carbocycles. The summed E-state index contributed by atoms with van der Waals surface area (Å²) >= 11 is 3.47. The van der Waals surface area contributed by atoms with E-state index >= 15 is 0 Å². The average Bonchev–Trinajstić information content (AvgIpc) is 2.46. The van der Waals surface area contributed by atoms with E-state index in [4.69, 9.17) is 15.2 Å². The molecule has 2 N–H and O–H groups in total. The van der Waals surface area contributed by atoms with Crippen LogP contribution in [0.2, 0.25) is 0 Å².